The zero-order chi connectivity index (χ0) is 19.2. The summed E-state index contributed by atoms with van der Waals surface area (Å²) in [5.74, 6) is -0.740. The van der Waals surface area contributed by atoms with Crippen molar-refractivity contribution in [2.24, 2.45) is 5.10 Å². The van der Waals surface area contributed by atoms with Gasteiger partial charge in [0, 0.05) is 17.4 Å². The summed E-state index contributed by atoms with van der Waals surface area (Å²) in [6.45, 7) is 0. The molecule has 0 aliphatic carbocycles. The lowest BCUT2D eigenvalue weighted by Gasteiger charge is -2.07. The molecule has 27 heavy (non-hydrogen) atoms. The summed E-state index contributed by atoms with van der Waals surface area (Å²) < 4.78 is 6.92. The van der Waals surface area contributed by atoms with Gasteiger partial charge in [-0.15, -0.1) is 0 Å². The number of ether oxygens (including phenoxy) is 1. The minimum Gasteiger partial charge on any atom is -0.497 e. The highest BCUT2D eigenvalue weighted by atomic mass is 16.5. The van der Waals surface area contributed by atoms with Crippen molar-refractivity contribution < 1.29 is 19.4 Å². The summed E-state index contributed by atoms with van der Waals surface area (Å²) in [4.78, 5) is 23.1. The lowest BCUT2D eigenvalue weighted by Crippen LogP contribution is -2.17. The Hall–Kier alpha value is -3.87. The van der Waals surface area contributed by atoms with Gasteiger partial charge in [0.2, 0.25) is 0 Å². The number of hydrazone groups is 1. The first-order valence-electron chi connectivity index (χ1n) is 8.07. The number of carboxylic acids is 1. The van der Waals surface area contributed by atoms with E-state index < -0.39 is 5.97 Å². The fourth-order valence-corrected chi connectivity index (χ4v) is 2.48. The highest BCUT2D eigenvalue weighted by Crippen LogP contribution is 2.14. The van der Waals surface area contributed by atoms with E-state index in [1.807, 2.05) is 22.9 Å². The standard InChI is InChI=1S/C20H17N3O4/c1-27-18-6-2-4-15(12-18)19(24)22-21-13-17-5-3-11-23(17)16-9-7-14(8-10-16)20(25)26/h2-13H,1H3,(H,22,24)(H,25,26)/b21-13-. The van der Waals surface area contributed by atoms with Crippen LogP contribution in [0.25, 0.3) is 5.69 Å². The number of aromatic nitrogens is 1. The van der Waals surface area contributed by atoms with Gasteiger partial charge >= 0.3 is 5.97 Å². The van der Waals surface area contributed by atoms with Gasteiger partial charge in [0.05, 0.1) is 24.6 Å². The van der Waals surface area contributed by atoms with Crippen LogP contribution in [0.3, 0.4) is 0 Å². The second-order valence-electron chi connectivity index (χ2n) is 5.59. The molecule has 0 aliphatic heterocycles. The van der Waals surface area contributed by atoms with E-state index in [0.29, 0.717) is 11.3 Å². The van der Waals surface area contributed by atoms with Crippen molar-refractivity contribution in [2.75, 3.05) is 7.11 Å². The van der Waals surface area contributed by atoms with E-state index in [4.69, 9.17) is 9.84 Å². The third-order valence-corrected chi connectivity index (χ3v) is 3.87. The molecule has 1 aromatic heterocycles. The van der Waals surface area contributed by atoms with Gasteiger partial charge in [0.1, 0.15) is 5.75 Å². The summed E-state index contributed by atoms with van der Waals surface area (Å²) in [6, 6.07) is 16.9. The Morgan fingerprint density at radius 3 is 2.56 bits per heavy atom. The van der Waals surface area contributed by atoms with Crippen molar-refractivity contribution in [3.05, 3.63) is 83.7 Å². The fourth-order valence-electron chi connectivity index (χ4n) is 2.48. The second-order valence-corrected chi connectivity index (χ2v) is 5.59. The van der Waals surface area contributed by atoms with E-state index in [1.165, 1.54) is 25.5 Å². The number of hydrogen-bond acceptors (Lipinski definition) is 4. The number of carboxylic acid groups (broad SMARTS) is 1. The van der Waals surface area contributed by atoms with E-state index >= 15 is 0 Å². The molecule has 3 rings (SSSR count). The largest absolute Gasteiger partial charge is 0.497 e. The maximum atomic E-state index is 12.2. The molecule has 0 bridgehead atoms. The van der Waals surface area contributed by atoms with E-state index in [-0.39, 0.29) is 11.5 Å². The van der Waals surface area contributed by atoms with Crippen molar-refractivity contribution >= 4 is 18.1 Å². The van der Waals surface area contributed by atoms with Crippen molar-refractivity contribution in [2.45, 2.75) is 0 Å². The van der Waals surface area contributed by atoms with Crippen LogP contribution >= 0.6 is 0 Å². The van der Waals surface area contributed by atoms with Crippen LogP contribution in [0.2, 0.25) is 0 Å². The Labute approximate surface area is 155 Å². The first kappa shape index (κ1) is 17.9. The third-order valence-electron chi connectivity index (χ3n) is 3.87. The van der Waals surface area contributed by atoms with Crippen molar-refractivity contribution in [1.29, 1.82) is 0 Å². The van der Waals surface area contributed by atoms with E-state index in [2.05, 4.69) is 10.5 Å². The lowest BCUT2D eigenvalue weighted by atomic mass is 10.2. The van der Waals surface area contributed by atoms with Crippen LogP contribution in [0.1, 0.15) is 26.4 Å². The van der Waals surface area contributed by atoms with Gasteiger partial charge in [0.25, 0.3) is 5.91 Å². The molecule has 2 N–H and O–H groups in total. The molecule has 0 saturated heterocycles. The van der Waals surface area contributed by atoms with Gasteiger partial charge in [-0.05, 0) is 54.6 Å². The number of nitrogens with one attached hydrogen (secondary N) is 1. The molecule has 136 valence electrons. The Kier molecular flexibility index (Phi) is 5.32. The van der Waals surface area contributed by atoms with Crippen molar-refractivity contribution in [3.8, 4) is 11.4 Å². The zero-order valence-electron chi connectivity index (χ0n) is 14.5. The SMILES string of the molecule is COc1cccc(C(=O)N/N=C\c2cccn2-c2ccc(C(=O)O)cc2)c1. The van der Waals surface area contributed by atoms with Gasteiger partial charge in [-0.2, -0.15) is 5.10 Å². The number of benzene rings is 2. The number of aromatic carboxylic acids is 1. The predicted molar refractivity (Wildman–Crippen MR) is 101 cm³/mol. The molecule has 0 spiro atoms. The number of hydrogen-bond donors (Lipinski definition) is 2. The molecular formula is C20H17N3O4. The predicted octanol–water partition coefficient (Wildman–Crippen LogP) is 2.95. The number of methoxy groups -OCH3 is 1. The minimum absolute atomic E-state index is 0.215. The first-order chi connectivity index (χ1) is 13.1. The summed E-state index contributed by atoms with van der Waals surface area (Å²) in [5.41, 5.74) is 4.63. The Morgan fingerprint density at radius 1 is 1.07 bits per heavy atom. The molecule has 2 aromatic carbocycles. The number of carbonyl (C=O) groups excluding carboxylic acids is 1. The molecule has 3 aromatic rings. The number of amides is 1. The van der Waals surface area contributed by atoms with Gasteiger partial charge in [-0.3, -0.25) is 4.79 Å². The number of nitrogens with zero attached hydrogens (tertiary/aromatic N) is 2. The molecule has 0 unspecified atom stereocenters. The number of rotatable bonds is 6. The van der Waals surface area contributed by atoms with E-state index in [0.717, 1.165) is 11.4 Å². The highest BCUT2D eigenvalue weighted by molar-refractivity contribution is 5.95. The highest BCUT2D eigenvalue weighted by Gasteiger charge is 2.07. The summed E-state index contributed by atoms with van der Waals surface area (Å²) >= 11 is 0. The molecule has 0 aliphatic rings. The van der Waals surface area contributed by atoms with Crippen LogP contribution in [0.15, 0.2) is 72.0 Å². The van der Waals surface area contributed by atoms with Gasteiger partial charge in [-0.25, -0.2) is 10.2 Å². The van der Waals surface area contributed by atoms with Crippen LogP contribution in [-0.4, -0.2) is 34.9 Å². The molecule has 7 nitrogen and oxygen atoms in total. The molecule has 1 amide bonds. The molecule has 1 heterocycles. The van der Waals surface area contributed by atoms with Crippen LogP contribution in [0.4, 0.5) is 0 Å². The molecule has 7 heteroatoms. The number of carbonyl (C=O) groups is 2. The topological polar surface area (TPSA) is 92.9 Å². The molecule has 0 atom stereocenters. The molecule has 0 radical (unpaired) electrons. The maximum Gasteiger partial charge on any atom is 0.335 e. The Morgan fingerprint density at radius 2 is 1.85 bits per heavy atom. The molecule has 0 fully saturated rings. The maximum absolute atomic E-state index is 12.2. The molecule has 0 saturated carbocycles. The summed E-state index contributed by atoms with van der Waals surface area (Å²) in [6.07, 6.45) is 3.34. The van der Waals surface area contributed by atoms with Gasteiger partial charge in [0.15, 0.2) is 0 Å². The summed E-state index contributed by atoms with van der Waals surface area (Å²) in [7, 11) is 1.53. The molecular weight excluding hydrogens is 346 g/mol. The summed E-state index contributed by atoms with van der Waals surface area (Å²) in [5, 5.41) is 13.0. The fraction of sp³-hybridized carbons (Fsp3) is 0.0500. The van der Waals surface area contributed by atoms with E-state index in [1.54, 1.807) is 36.4 Å². The minimum atomic E-state index is -0.976. The Bertz CT molecular complexity index is 990. The van der Waals surface area contributed by atoms with Crippen LogP contribution in [0, 0.1) is 0 Å². The second kappa shape index (κ2) is 8.01. The smallest absolute Gasteiger partial charge is 0.335 e. The zero-order valence-corrected chi connectivity index (χ0v) is 14.5. The van der Waals surface area contributed by atoms with Crippen molar-refractivity contribution in [1.82, 2.24) is 9.99 Å². The average molecular weight is 363 g/mol. The van der Waals surface area contributed by atoms with Crippen LogP contribution in [0.5, 0.6) is 5.75 Å². The van der Waals surface area contributed by atoms with Gasteiger partial charge < -0.3 is 14.4 Å². The van der Waals surface area contributed by atoms with Crippen molar-refractivity contribution in [3.63, 3.8) is 0 Å². The van der Waals surface area contributed by atoms with Gasteiger partial charge in [-0.1, -0.05) is 6.07 Å². The Balaban J connectivity index is 1.72. The van der Waals surface area contributed by atoms with Crippen LogP contribution in [-0.2, 0) is 0 Å². The quantitative estimate of drug-likeness (QED) is 0.520. The first-order valence-corrected chi connectivity index (χ1v) is 8.07. The lowest BCUT2D eigenvalue weighted by molar-refractivity contribution is 0.0696. The van der Waals surface area contributed by atoms with E-state index in [9.17, 15) is 9.59 Å². The normalized spacial score (nSPS) is 10.7. The average Bonchev–Trinajstić information content (AvgIpc) is 3.16. The monoisotopic (exact) mass is 363 g/mol. The third kappa shape index (κ3) is 4.21. The van der Waals surface area contributed by atoms with Crippen LogP contribution < -0.4 is 10.2 Å².